The maximum absolute atomic E-state index is 11.6. The third-order valence-electron chi connectivity index (χ3n) is 5.66. The lowest BCUT2D eigenvalue weighted by molar-refractivity contribution is 0.0846. The van der Waals surface area contributed by atoms with Crippen LogP contribution in [0.15, 0.2) is 35.7 Å². The van der Waals surface area contributed by atoms with Crippen LogP contribution in [-0.4, -0.2) is 72.0 Å². The second kappa shape index (κ2) is 10.3. The van der Waals surface area contributed by atoms with Gasteiger partial charge in [0.25, 0.3) is 0 Å². The van der Waals surface area contributed by atoms with Gasteiger partial charge in [0.2, 0.25) is 5.95 Å². The van der Waals surface area contributed by atoms with Gasteiger partial charge in [-0.05, 0) is 43.1 Å². The predicted molar refractivity (Wildman–Crippen MR) is 124 cm³/mol. The van der Waals surface area contributed by atoms with Crippen molar-refractivity contribution < 1.29 is 14.4 Å². The van der Waals surface area contributed by atoms with E-state index in [9.17, 15) is 4.79 Å². The van der Waals surface area contributed by atoms with Crippen LogP contribution in [0.1, 0.15) is 17.5 Å². The minimum Gasteiger partial charge on any atom is -0.444 e. The van der Waals surface area contributed by atoms with Crippen molar-refractivity contribution >= 4 is 23.7 Å². The largest absolute Gasteiger partial charge is 0.444 e. The number of hydrogen-bond donors (Lipinski definition) is 3. The van der Waals surface area contributed by atoms with E-state index in [-0.39, 0.29) is 6.61 Å². The first kappa shape index (κ1) is 22.5. The minimum absolute atomic E-state index is 0.0632. The summed E-state index contributed by atoms with van der Waals surface area (Å²) in [5.74, 6) is 0.189. The quantitative estimate of drug-likeness (QED) is 0.237. The molecule has 4 N–H and O–H groups in total. The maximum atomic E-state index is 11.6. The predicted octanol–water partition coefficient (Wildman–Crippen LogP) is 1.47. The molecule has 11 heteroatoms. The van der Waals surface area contributed by atoms with Crippen molar-refractivity contribution in [3.8, 4) is 11.1 Å². The number of amides is 1. The summed E-state index contributed by atoms with van der Waals surface area (Å²) in [6.07, 6.45) is 4.09. The molecule has 0 unspecified atom stereocenters. The van der Waals surface area contributed by atoms with E-state index >= 15 is 0 Å². The number of anilines is 1. The second-order valence-electron chi connectivity index (χ2n) is 8.02. The topological polar surface area (TPSA) is 142 Å². The van der Waals surface area contributed by atoms with Gasteiger partial charge in [-0.1, -0.05) is 23.4 Å². The van der Waals surface area contributed by atoms with Crippen LogP contribution in [0.3, 0.4) is 0 Å². The number of ether oxygens (including phenoxy) is 1. The molecule has 2 fully saturated rings. The molecule has 11 nitrogen and oxygen atoms in total. The van der Waals surface area contributed by atoms with Gasteiger partial charge >= 0.3 is 6.09 Å². The van der Waals surface area contributed by atoms with Crippen molar-refractivity contribution in [2.75, 3.05) is 44.2 Å². The average molecular weight is 453 g/mol. The van der Waals surface area contributed by atoms with Gasteiger partial charge in [-0.3, -0.25) is 15.6 Å². The number of aromatic nitrogens is 2. The van der Waals surface area contributed by atoms with Gasteiger partial charge in [0, 0.05) is 24.5 Å². The number of oxime groups is 1. The highest BCUT2D eigenvalue weighted by Gasteiger charge is 2.25. The zero-order valence-electron chi connectivity index (χ0n) is 18.6. The fourth-order valence-electron chi connectivity index (χ4n) is 3.57. The highest BCUT2D eigenvalue weighted by molar-refractivity contribution is 5.98. The second-order valence-corrected chi connectivity index (χ2v) is 8.02. The van der Waals surface area contributed by atoms with Crippen LogP contribution in [0, 0.1) is 12.3 Å². The van der Waals surface area contributed by atoms with Gasteiger partial charge in [0.1, 0.15) is 13.2 Å². The van der Waals surface area contributed by atoms with Gasteiger partial charge in [-0.15, -0.1) is 0 Å². The van der Waals surface area contributed by atoms with E-state index in [1.165, 1.54) is 6.42 Å². The van der Waals surface area contributed by atoms with Crippen LogP contribution in [0.5, 0.6) is 0 Å². The number of nitrogens with one attached hydrogen (secondary N) is 2. The van der Waals surface area contributed by atoms with Crippen LogP contribution in [0.4, 0.5) is 10.7 Å². The summed E-state index contributed by atoms with van der Waals surface area (Å²) in [4.78, 5) is 30.4. The molecular weight excluding hydrogens is 424 g/mol. The third-order valence-corrected chi connectivity index (χ3v) is 5.66. The molecule has 3 heterocycles. The van der Waals surface area contributed by atoms with E-state index in [1.807, 2.05) is 30.0 Å². The molecular formula is C22H28N8O3. The highest BCUT2D eigenvalue weighted by Crippen LogP contribution is 2.26. The first-order valence-electron chi connectivity index (χ1n) is 10.8. The molecule has 0 bridgehead atoms. The SMILES string of the molecule is Cc1c(COC(=O)NC(=N)N)cccc1-c1cnc(N2CC(=NOCCN3CCC3)C2)nc1. The average Bonchev–Trinajstić information content (AvgIpc) is 2.72. The summed E-state index contributed by atoms with van der Waals surface area (Å²) in [6.45, 7) is 7.23. The van der Waals surface area contributed by atoms with E-state index < -0.39 is 12.1 Å². The summed E-state index contributed by atoms with van der Waals surface area (Å²) in [5.41, 5.74) is 9.74. The van der Waals surface area contributed by atoms with Crippen molar-refractivity contribution in [2.24, 2.45) is 10.9 Å². The number of nitrogens with zero attached hydrogens (tertiary/aromatic N) is 5. The number of carbonyl (C=O) groups is 1. The molecule has 2 saturated heterocycles. The number of benzene rings is 1. The lowest BCUT2D eigenvalue weighted by Crippen LogP contribution is -2.48. The third kappa shape index (κ3) is 5.75. The summed E-state index contributed by atoms with van der Waals surface area (Å²) in [7, 11) is 0. The molecule has 0 atom stereocenters. The summed E-state index contributed by atoms with van der Waals surface area (Å²) >= 11 is 0. The fourth-order valence-corrected chi connectivity index (χ4v) is 3.57. The summed E-state index contributed by atoms with van der Waals surface area (Å²) in [5, 5.41) is 13.4. The van der Waals surface area contributed by atoms with E-state index in [1.54, 1.807) is 12.4 Å². The van der Waals surface area contributed by atoms with E-state index in [0.29, 0.717) is 25.6 Å². The fraction of sp³-hybridized carbons (Fsp3) is 0.409. The number of nitrogens with two attached hydrogens (primary N) is 1. The Morgan fingerprint density at radius 1 is 1.27 bits per heavy atom. The van der Waals surface area contributed by atoms with Gasteiger partial charge in [0.15, 0.2) is 5.96 Å². The molecule has 0 aliphatic carbocycles. The molecule has 2 aliphatic rings. The highest BCUT2D eigenvalue weighted by atomic mass is 16.6. The first-order valence-corrected chi connectivity index (χ1v) is 10.8. The number of likely N-dealkylation sites (tertiary alicyclic amines) is 1. The Balaban J connectivity index is 1.30. The number of carbonyl (C=O) groups excluding carboxylic acids is 1. The van der Waals surface area contributed by atoms with Gasteiger partial charge in [-0.2, -0.15) is 0 Å². The van der Waals surface area contributed by atoms with E-state index in [4.69, 9.17) is 20.7 Å². The molecule has 1 amide bonds. The molecule has 1 aromatic carbocycles. The molecule has 1 aromatic heterocycles. The van der Waals surface area contributed by atoms with Gasteiger partial charge < -0.3 is 20.2 Å². The Kier molecular flexibility index (Phi) is 6.98. The number of guanidine groups is 1. The molecule has 2 aromatic rings. The van der Waals surface area contributed by atoms with E-state index in [0.717, 1.165) is 47.6 Å². The monoisotopic (exact) mass is 452 g/mol. The normalized spacial score (nSPS) is 15.3. The Labute approximate surface area is 192 Å². The molecule has 174 valence electrons. The lowest BCUT2D eigenvalue weighted by Gasteiger charge is -2.32. The molecule has 0 saturated carbocycles. The zero-order valence-corrected chi connectivity index (χ0v) is 18.6. The van der Waals surface area contributed by atoms with Gasteiger partial charge in [-0.25, -0.2) is 14.8 Å². The van der Waals surface area contributed by atoms with Crippen LogP contribution in [0.25, 0.3) is 11.1 Å². The van der Waals surface area contributed by atoms with Crippen molar-refractivity contribution in [1.82, 2.24) is 20.2 Å². The minimum atomic E-state index is -0.765. The number of alkyl carbamates (subject to hydrolysis) is 1. The Morgan fingerprint density at radius 3 is 2.70 bits per heavy atom. The molecule has 2 aliphatic heterocycles. The van der Waals surface area contributed by atoms with Crippen LogP contribution >= 0.6 is 0 Å². The lowest BCUT2D eigenvalue weighted by atomic mass is 9.99. The summed E-state index contributed by atoms with van der Waals surface area (Å²) < 4.78 is 5.12. The smallest absolute Gasteiger partial charge is 0.414 e. The first-order chi connectivity index (χ1) is 16.0. The molecule has 0 radical (unpaired) electrons. The number of rotatable bonds is 8. The zero-order chi connectivity index (χ0) is 23.2. The van der Waals surface area contributed by atoms with Crippen molar-refractivity contribution in [3.63, 3.8) is 0 Å². The summed E-state index contributed by atoms with van der Waals surface area (Å²) in [6, 6.07) is 5.73. The molecule has 4 rings (SSSR count). The maximum Gasteiger partial charge on any atom is 0.414 e. The molecule has 33 heavy (non-hydrogen) atoms. The number of hydrogen-bond acceptors (Lipinski definition) is 9. The van der Waals surface area contributed by atoms with Crippen molar-refractivity contribution in [1.29, 1.82) is 5.41 Å². The van der Waals surface area contributed by atoms with Crippen LogP contribution in [0.2, 0.25) is 0 Å². The van der Waals surface area contributed by atoms with Gasteiger partial charge in [0.05, 0.1) is 18.8 Å². The van der Waals surface area contributed by atoms with E-state index in [2.05, 4.69) is 25.3 Å². The standard InChI is InChI=1S/C22H28N8O3/c1-15-16(14-32-22(31)27-20(23)24)4-2-5-19(15)17-10-25-21(26-11-17)30-12-18(13-30)28-33-9-8-29-6-3-7-29/h2,4-5,10-11H,3,6-9,12-14H2,1H3,(H4,23,24,27,31). The van der Waals surface area contributed by atoms with Crippen LogP contribution in [-0.2, 0) is 16.2 Å². The Morgan fingerprint density at radius 2 is 2.03 bits per heavy atom. The van der Waals surface area contributed by atoms with Crippen molar-refractivity contribution in [3.05, 3.63) is 41.7 Å². The van der Waals surface area contributed by atoms with Crippen LogP contribution < -0.4 is 16.0 Å². The van der Waals surface area contributed by atoms with Crippen molar-refractivity contribution in [2.45, 2.75) is 20.0 Å². The Hall–Kier alpha value is -3.73. The Bertz CT molecular complexity index is 1030. The molecule has 0 spiro atoms.